The van der Waals surface area contributed by atoms with Crippen LogP contribution >= 0.6 is 22.7 Å². The zero-order chi connectivity index (χ0) is 17.1. The van der Waals surface area contributed by atoms with E-state index >= 15 is 0 Å². The second-order valence-corrected chi connectivity index (χ2v) is 6.59. The molecule has 2 aromatic heterocycles. The number of hydrogen-bond donors (Lipinski definition) is 3. The number of rotatable bonds is 3. The van der Waals surface area contributed by atoms with Crippen LogP contribution in [-0.4, -0.2) is 22.7 Å². The number of carbonyl (C=O) groups is 3. The Kier molecular flexibility index (Phi) is 4.54. The molecule has 0 aliphatic carbocycles. The van der Waals surface area contributed by atoms with E-state index in [-0.39, 0.29) is 17.4 Å². The number of carbonyl (C=O) groups excluding carboxylic acids is 3. The van der Waals surface area contributed by atoms with Crippen molar-refractivity contribution in [1.82, 2.24) is 15.8 Å². The van der Waals surface area contributed by atoms with Crippen LogP contribution in [0.2, 0.25) is 0 Å². The van der Waals surface area contributed by atoms with Gasteiger partial charge in [0, 0.05) is 12.5 Å². The fraction of sp³-hybridized carbons (Fsp3) is 0.0667. The van der Waals surface area contributed by atoms with Crippen LogP contribution in [0, 0.1) is 0 Å². The van der Waals surface area contributed by atoms with E-state index in [1.54, 1.807) is 35.2 Å². The molecule has 7 nitrogen and oxygen atoms in total. The second kappa shape index (κ2) is 6.77. The predicted octanol–water partition coefficient (Wildman–Crippen LogP) is 2.39. The van der Waals surface area contributed by atoms with E-state index in [2.05, 4.69) is 21.2 Å². The Morgan fingerprint density at radius 2 is 1.88 bits per heavy atom. The lowest BCUT2D eigenvalue weighted by atomic mass is 10.2. The summed E-state index contributed by atoms with van der Waals surface area (Å²) >= 11 is 2.68. The average molecular weight is 360 g/mol. The highest BCUT2D eigenvalue weighted by Gasteiger charge is 2.16. The van der Waals surface area contributed by atoms with Gasteiger partial charge in [-0.1, -0.05) is 0 Å². The summed E-state index contributed by atoms with van der Waals surface area (Å²) in [5.74, 6) is -1.21. The van der Waals surface area contributed by atoms with Gasteiger partial charge in [0.2, 0.25) is 5.91 Å². The van der Waals surface area contributed by atoms with E-state index < -0.39 is 5.91 Å². The van der Waals surface area contributed by atoms with Crippen molar-refractivity contribution in [2.45, 2.75) is 6.92 Å². The maximum absolute atomic E-state index is 12.4. The predicted molar refractivity (Wildman–Crippen MR) is 93.2 cm³/mol. The van der Waals surface area contributed by atoms with Crippen molar-refractivity contribution in [1.29, 1.82) is 0 Å². The molecule has 3 aromatic rings. The van der Waals surface area contributed by atoms with Crippen LogP contribution in [0.1, 0.15) is 27.6 Å². The lowest BCUT2D eigenvalue weighted by Crippen LogP contribution is -2.40. The molecule has 3 N–H and O–H groups in total. The normalized spacial score (nSPS) is 10.4. The first-order valence-corrected chi connectivity index (χ1v) is 8.59. The van der Waals surface area contributed by atoms with Gasteiger partial charge in [-0.25, -0.2) is 4.98 Å². The third-order valence-corrected chi connectivity index (χ3v) is 4.70. The topological polar surface area (TPSA) is 100 Å². The van der Waals surface area contributed by atoms with Gasteiger partial charge in [0.15, 0.2) is 0 Å². The molecule has 9 heteroatoms. The van der Waals surface area contributed by atoms with Gasteiger partial charge in [0.1, 0.15) is 5.00 Å². The summed E-state index contributed by atoms with van der Waals surface area (Å²) in [5.41, 5.74) is 7.79. The number of aromatic nitrogens is 1. The van der Waals surface area contributed by atoms with Crippen molar-refractivity contribution in [2.75, 3.05) is 5.32 Å². The van der Waals surface area contributed by atoms with Gasteiger partial charge in [-0.15, -0.1) is 22.7 Å². The lowest BCUT2D eigenvalue weighted by Gasteiger charge is -2.07. The monoisotopic (exact) mass is 360 g/mol. The number of hydrogen-bond acceptors (Lipinski definition) is 6. The summed E-state index contributed by atoms with van der Waals surface area (Å²) in [5, 5.41) is 4.82. The van der Waals surface area contributed by atoms with Crippen LogP contribution in [0.15, 0.2) is 35.2 Å². The minimum Gasteiger partial charge on any atom is -0.313 e. The van der Waals surface area contributed by atoms with Gasteiger partial charge in [0.25, 0.3) is 11.8 Å². The van der Waals surface area contributed by atoms with Crippen LogP contribution in [-0.2, 0) is 4.79 Å². The number of thiophene rings is 1. The molecule has 1 aromatic carbocycles. The van der Waals surface area contributed by atoms with E-state index in [4.69, 9.17) is 0 Å². The molecule has 0 spiro atoms. The maximum atomic E-state index is 12.4. The number of anilines is 1. The molecule has 0 fully saturated rings. The first-order valence-electron chi connectivity index (χ1n) is 6.83. The van der Waals surface area contributed by atoms with Crippen LogP contribution < -0.4 is 16.2 Å². The molecule has 0 aliphatic rings. The Morgan fingerprint density at radius 3 is 2.67 bits per heavy atom. The van der Waals surface area contributed by atoms with E-state index in [1.165, 1.54) is 29.6 Å². The van der Waals surface area contributed by atoms with Crippen molar-refractivity contribution < 1.29 is 14.4 Å². The largest absolute Gasteiger partial charge is 0.313 e. The molecule has 24 heavy (non-hydrogen) atoms. The summed E-state index contributed by atoms with van der Waals surface area (Å²) in [7, 11) is 0. The standard InChI is InChI=1S/C15H12N4O3S2/c1-8(20)18-19-14(22)10-4-5-23-15(10)17-13(21)9-2-3-11-12(6-9)24-7-16-11/h2-7H,1H3,(H,17,21)(H,18,20)(H,19,22). The van der Waals surface area contributed by atoms with Crippen LogP contribution in [0.5, 0.6) is 0 Å². The zero-order valence-electron chi connectivity index (χ0n) is 12.5. The SMILES string of the molecule is CC(=O)NNC(=O)c1ccsc1NC(=O)c1ccc2ncsc2c1. The quantitative estimate of drug-likeness (QED) is 0.624. The highest BCUT2D eigenvalue weighted by Crippen LogP contribution is 2.25. The third-order valence-electron chi connectivity index (χ3n) is 3.08. The van der Waals surface area contributed by atoms with Gasteiger partial charge in [0.05, 0.1) is 21.3 Å². The van der Waals surface area contributed by atoms with Crippen molar-refractivity contribution in [3.63, 3.8) is 0 Å². The molecular weight excluding hydrogens is 348 g/mol. The minimum absolute atomic E-state index is 0.279. The molecule has 122 valence electrons. The molecule has 0 bridgehead atoms. The van der Waals surface area contributed by atoms with Crippen molar-refractivity contribution in [3.05, 3.63) is 46.3 Å². The Labute approximate surface area is 144 Å². The van der Waals surface area contributed by atoms with Crippen LogP contribution in [0.25, 0.3) is 10.2 Å². The number of hydrazine groups is 1. The average Bonchev–Trinajstić information content (AvgIpc) is 3.20. The van der Waals surface area contributed by atoms with E-state index in [9.17, 15) is 14.4 Å². The Hall–Kier alpha value is -2.78. The summed E-state index contributed by atoms with van der Waals surface area (Å²) in [6.07, 6.45) is 0. The van der Waals surface area contributed by atoms with Gasteiger partial charge in [-0.3, -0.25) is 25.2 Å². The highest BCUT2D eigenvalue weighted by molar-refractivity contribution is 7.16. The number of amides is 3. The number of nitrogens with one attached hydrogen (secondary N) is 3. The van der Waals surface area contributed by atoms with Gasteiger partial charge < -0.3 is 5.32 Å². The molecule has 0 atom stereocenters. The molecular formula is C15H12N4O3S2. The van der Waals surface area contributed by atoms with Crippen molar-refractivity contribution in [3.8, 4) is 0 Å². The van der Waals surface area contributed by atoms with E-state index in [1.807, 2.05) is 0 Å². The number of benzene rings is 1. The fourth-order valence-corrected chi connectivity index (χ4v) is 3.46. The Morgan fingerprint density at radius 1 is 1.04 bits per heavy atom. The third kappa shape index (κ3) is 3.42. The zero-order valence-corrected chi connectivity index (χ0v) is 14.1. The van der Waals surface area contributed by atoms with Gasteiger partial charge in [-0.2, -0.15) is 0 Å². The van der Waals surface area contributed by atoms with Gasteiger partial charge in [-0.05, 0) is 29.6 Å². The molecule has 3 rings (SSSR count). The smallest absolute Gasteiger partial charge is 0.272 e. The van der Waals surface area contributed by atoms with E-state index in [0.29, 0.717) is 10.6 Å². The number of thiazole rings is 1. The summed E-state index contributed by atoms with van der Waals surface area (Å²) in [6.45, 7) is 1.28. The molecule has 3 amide bonds. The lowest BCUT2D eigenvalue weighted by molar-refractivity contribution is -0.119. The summed E-state index contributed by atoms with van der Waals surface area (Å²) in [6, 6.07) is 6.79. The summed E-state index contributed by atoms with van der Waals surface area (Å²) < 4.78 is 0.914. The summed E-state index contributed by atoms with van der Waals surface area (Å²) in [4.78, 5) is 39.4. The van der Waals surface area contributed by atoms with Crippen LogP contribution in [0.4, 0.5) is 5.00 Å². The number of fused-ring (bicyclic) bond motifs is 1. The molecule has 0 unspecified atom stereocenters. The molecule has 0 radical (unpaired) electrons. The van der Waals surface area contributed by atoms with Crippen LogP contribution in [0.3, 0.4) is 0 Å². The first kappa shape index (κ1) is 16.1. The minimum atomic E-state index is -0.500. The van der Waals surface area contributed by atoms with Gasteiger partial charge >= 0.3 is 0 Å². The van der Waals surface area contributed by atoms with Crippen molar-refractivity contribution >= 4 is 55.6 Å². The maximum Gasteiger partial charge on any atom is 0.272 e. The first-order chi connectivity index (χ1) is 11.5. The number of nitrogens with zero attached hydrogens (tertiary/aromatic N) is 1. The molecule has 0 aliphatic heterocycles. The molecule has 0 saturated heterocycles. The molecule has 0 saturated carbocycles. The molecule has 2 heterocycles. The fourth-order valence-electron chi connectivity index (χ4n) is 1.97. The Bertz CT molecular complexity index is 932. The van der Waals surface area contributed by atoms with E-state index in [0.717, 1.165) is 10.2 Å². The Balaban J connectivity index is 1.76. The van der Waals surface area contributed by atoms with Crippen molar-refractivity contribution in [2.24, 2.45) is 0 Å². The highest BCUT2D eigenvalue weighted by atomic mass is 32.1. The second-order valence-electron chi connectivity index (χ2n) is 4.79.